The Morgan fingerprint density at radius 1 is 1.21 bits per heavy atom. The Hall–Kier alpha value is -0.170. The molecule has 0 spiro atoms. The first-order valence-electron chi connectivity index (χ1n) is 10.7. The molecule has 0 bridgehead atoms. The summed E-state index contributed by atoms with van der Waals surface area (Å²) in [5.41, 5.74) is 0. The van der Waals surface area contributed by atoms with Gasteiger partial charge in [0, 0.05) is 59.2 Å². The molecule has 0 saturated carbocycles. The molecule has 2 N–H and O–H groups in total. The first-order valence-corrected chi connectivity index (χ1v) is 12.3. The van der Waals surface area contributed by atoms with E-state index >= 15 is 0 Å². The van der Waals surface area contributed by atoms with Gasteiger partial charge in [0.2, 0.25) is 10.0 Å². The molecule has 0 aromatic rings. The second-order valence-corrected chi connectivity index (χ2v) is 9.71. The summed E-state index contributed by atoms with van der Waals surface area (Å²) in [5.74, 6) is 1.66. The minimum Gasteiger partial charge on any atom is -0.381 e. The first kappa shape index (κ1) is 26.9. The van der Waals surface area contributed by atoms with Gasteiger partial charge in [-0.15, -0.1) is 24.0 Å². The highest BCUT2D eigenvalue weighted by Crippen LogP contribution is 2.15. The predicted molar refractivity (Wildman–Crippen MR) is 128 cm³/mol. The van der Waals surface area contributed by atoms with Gasteiger partial charge in [-0.1, -0.05) is 6.92 Å². The van der Waals surface area contributed by atoms with E-state index in [1.165, 1.54) is 0 Å². The summed E-state index contributed by atoms with van der Waals surface area (Å²) in [6.07, 6.45) is 5.41. The van der Waals surface area contributed by atoms with Crippen LogP contribution in [0.25, 0.3) is 0 Å². The smallest absolute Gasteiger partial charge is 0.214 e. The lowest BCUT2D eigenvalue weighted by molar-refractivity contribution is 0.0203. The zero-order valence-electron chi connectivity index (χ0n) is 17.9. The summed E-state index contributed by atoms with van der Waals surface area (Å²) >= 11 is 0. The van der Waals surface area contributed by atoms with E-state index in [-0.39, 0.29) is 35.8 Å². The number of nitrogens with zero attached hydrogens (tertiary/aromatic N) is 2. The number of aliphatic imine (C=N–C) groups is 1. The summed E-state index contributed by atoms with van der Waals surface area (Å²) in [4.78, 5) is 4.28. The van der Waals surface area contributed by atoms with Crippen LogP contribution in [-0.4, -0.2) is 83.6 Å². The predicted octanol–water partition coefficient (Wildman–Crippen LogP) is 1.81. The van der Waals surface area contributed by atoms with Gasteiger partial charge >= 0.3 is 0 Å². The fourth-order valence-corrected chi connectivity index (χ4v) is 5.14. The van der Waals surface area contributed by atoms with Gasteiger partial charge in [-0.25, -0.2) is 12.7 Å². The van der Waals surface area contributed by atoms with E-state index in [9.17, 15) is 8.42 Å². The van der Waals surface area contributed by atoms with Crippen LogP contribution in [0.2, 0.25) is 0 Å². The van der Waals surface area contributed by atoms with Crippen molar-refractivity contribution in [2.75, 3.05) is 58.9 Å². The van der Waals surface area contributed by atoms with E-state index in [4.69, 9.17) is 9.47 Å². The lowest BCUT2D eigenvalue weighted by atomic mass is 10.0. The fraction of sp³-hybridized carbons (Fsp3) is 0.947. The Morgan fingerprint density at radius 3 is 2.52 bits per heavy atom. The molecule has 0 aromatic heterocycles. The van der Waals surface area contributed by atoms with Crippen molar-refractivity contribution in [2.45, 2.75) is 51.5 Å². The third-order valence-corrected chi connectivity index (χ3v) is 7.40. The van der Waals surface area contributed by atoms with Gasteiger partial charge in [-0.3, -0.25) is 4.99 Å². The van der Waals surface area contributed by atoms with Crippen molar-refractivity contribution in [1.82, 2.24) is 14.9 Å². The van der Waals surface area contributed by atoms with Gasteiger partial charge in [-0.2, -0.15) is 0 Å². The number of halogens is 1. The van der Waals surface area contributed by atoms with E-state index < -0.39 is 10.0 Å². The molecule has 8 nitrogen and oxygen atoms in total. The third kappa shape index (κ3) is 10.1. The SMILES string of the molecule is CCCS(=O)(=O)N1CCC(NC(=NC)NCCCOCC2CCOCC2)CC1.I. The summed E-state index contributed by atoms with van der Waals surface area (Å²) < 4.78 is 37.1. The number of rotatable bonds is 10. The van der Waals surface area contributed by atoms with Crippen molar-refractivity contribution in [2.24, 2.45) is 10.9 Å². The van der Waals surface area contributed by atoms with Crippen LogP contribution in [0.1, 0.15) is 45.4 Å². The minimum atomic E-state index is -3.08. The maximum atomic E-state index is 12.2. The van der Waals surface area contributed by atoms with Crippen LogP contribution in [0.5, 0.6) is 0 Å². The molecule has 0 aliphatic carbocycles. The Morgan fingerprint density at radius 2 is 1.90 bits per heavy atom. The van der Waals surface area contributed by atoms with Gasteiger partial charge in [0.25, 0.3) is 0 Å². The molecule has 0 unspecified atom stereocenters. The van der Waals surface area contributed by atoms with E-state index in [1.54, 1.807) is 11.4 Å². The first-order chi connectivity index (χ1) is 13.5. The number of hydrogen-bond acceptors (Lipinski definition) is 5. The molecule has 2 fully saturated rings. The maximum absolute atomic E-state index is 12.2. The molecule has 0 atom stereocenters. The zero-order chi connectivity index (χ0) is 20.2. The van der Waals surface area contributed by atoms with Gasteiger partial charge in [-0.05, 0) is 44.4 Å². The van der Waals surface area contributed by atoms with Crippen LogP contribution in [0.15, 0.2) is 4.99 Å². The molecule has 10 heteroatoms. The average molecular weight is 547 g/mol. The summed E-state index contributed by atoms with van der Waals surface area (Å²) in [6.45, 7) is 7.16. The van der Waals surface area contributed by atoms with Crippen molar-refractivity contribution in [3.8, 4) is 0 Å². The summed E-state index contributed by atoms with van der Waals surface area (Å²) in [7, 11) is -1.32. The fourth-order valence-electron chi connectivity index (χ4n) is 3.60. The average Bonchev–Trinajstić information content (AvgIpc) is 2.70. The topological polar surface area (TPSA) is 92.3 Å². The van der Waals surface area contributed by atoms with E-state index in [0.29, 0.717) is 25.4 Å². The molecule has 0 radical (unpaired) electrons. The second kappa shape index (κ2) is 14.8. The van der Waals surface area contributed by atoms with Crippen LogP contribution in [0.4, 0.5) is 0 Å². The van der Waals surface area contributed by atoms with Crippen molar-refractivity contribution in [1.29, 1.82) is 0 Å². The molecule has 2 aliphatic rings. The Bertz CT molecular complexity index is 563. The Balaban J connectivity index is 0.00000420. The third-order valence-electron chi connectivity index (χ3n) is 5.33. The molecule has 2 rings (SSSR count). The van der Waals surface area contributed by atoms with Crippen molar-refractivity contribution in [3.05, 3.63) is 0 Å². The van der Waals surface area contributed by atoms with Crippen LogP contribution in [0, 0.1) is 5.92 Å². The molecule has 0 aromatic carbocycles. The van der Waals surface area contributed by atoms with Crippen LogP contribution in [0.3, 0.4) is 0 Å². The number of piperidine rings is 1. The molecule has 2 saturated heterocycles. The Kier molecular flexibility index (Phi) is 13.7. The van der Waals surface area contributed by atoms with Crippen molar-refractivity contribution < 1.29 is 17.9 Å². The Labute approximate surface area is 193 Å². The normalized spacial score (nSPS) is 20.3. The molecule has 2 heterocycles. The van der Waals surface area contributed by atoms with Gasteiger partial charge in [0.15, 0.2) is 5.96 Å². The molecular weight excluding hydrogens is 507 g/mol. The van der Waals surface area contributed by atoms with E-state index in [1.807, 2.05) is 6.92 Å². The second-order valence-electron chi connectivity index (χ2n) is 7.62. The van der Waals surface area contributed by atoms with Gasteiger partial charge in [0.1, 0.15) is 0 Å². The van der Waals surface area contributed by atoms with Gasteiger partial charge < -0.3 is 20.1 Å². The standard InChI is InChI=1S/C19H38N4O4S.HI/c1-3-15-28(24,25)23-10-5-18(6-11-23)22-19(20-2)21-9-4-12-27-16-17-7-13-26-14-8-17;/h17-18H,3-16H2,1-2H3,(H2,20,21,22);1H. The van der Waals surface area contributed by atoms with Crippen molar-refractivity contribution in [3.63, 3.8) is 0 Å². The quantitative estimate of drug-likeness (QED) is 0.188. The molecule has 0 amide bonds. The number of nitrogens with one attached hydrogen (secondary N) is 2. The lowest BCUT2D eigenvalue weighted by Crippen LogP contribution is -2.50. The number of sulfonamides is 1. The molecule has 2 aliphatic heterocycles. The summed E-state index contributed by atoms with van der Waals surface area (Å²) in [5, 5.41) is 6.74. The largest absolute Gasteiger partial charge is 0.381 e. The van der Waals surface area contributed by atoms with E-state index in [2.05, 4.69) is 15.6 Å². The van der Waals surface area contributed by atoms with Gasteiger partial charge in [0.05, 0.1) is 5.75 Å². The minimum absolute atomic E-state index is 0. The van der Waals surface area contributed by atoms with Crippen molar-refractivity contribution >= 4 is 40.0 Å². The monoisotopic (exact) mass is 546 g/mol. The highest BCUT2D eigenvalue weighted by molar-refractivity contribution is 14.0. The summed E-state index contributed by atoms with van der Waals surface area (Å²) in [6, 6.07) is 0.254. The zero-order valence-corrected chi connectivity index (χ0v) is 21.0. The van der Waals surface area contributed by atoms with Crippen LogP contribution < -0.4 is 10.6 Å². The van der Waals surface area contributed by atoms with Crippen LogP contribution >= 0.6 is 24.0 Å². The number of guanidine groups is 1. The number of hydrogen-bond donors (Lipinski definition) is 2. The van der Waals surface area contributed by atoms with Crippen LogP contribution in [-0.2, 0) is 19.5 Å². The highest BCUT2D eigenvalue weighted by Gasteiger charge is 2.27. The van der Waals surface area contributed by atoms with E-state index in [0.717, 1.165) is 71.0 Å². The highest BCUT2D eigenvalue weighted by atomic mass is 127. The maximum Gasteiger partial charge on any atom is 0.214 e. The molecule has 172 valence electrons. The lowest BCUT2D eigenvalue weighted by Gasteiger charge is -2.32. The molecular formula is C19H39IN4O4S. The number of ether oxygens (including phenoxy) is 2. The molecule has 29 heavy (non-hydrogen) atoms.